The highest BCUT2D eigenvalue weighted by Crippen LogP contribution is 2.37. The van der Waals surface area contributed by atoms with E-state index in [2.05, 4.69) is 11.9 Å². The number of alkyl halides is 1. The van der Waals surface area contributed by atoms with Crippen LogP contribution in [-0.4, -0.2) is 17.3 Å². The van der Waals surface area contributed by atoms with E-state index in [1.54, 1.807) is 35.2 Å². The standard InChI is InChI=1S/C26H23ClN2O2/c1-17-7-3-4-9-22(17)25(30)28-20-14-12-19(13-15-20)26(31)29-23-10-6-5-8-21(23)18(2)11-16-24(29)27/h3-10,12-15,24H,2,11,16H2,1H3,(H,28,30). The van der Waals surface area contributed by atoms with Gasteiger partial charge in [-0.2, -0.15) is 0 Å². The van der Waals surface area contributed by atoms with Crippen LogP contribution in [0, 0.1) is 6.92 Å². The Morgan fingerprint density at radius 3 is 2.42 bits per heavy atom. The predicted octanol–water partition coefficient (Wildman–Crippen LogP) is 6.27. The average Bonchev–Trinajstić information content (AvgIpc) is 2.90. The minimum atomic E-state index is -0.465. The molecule has 1 atom stereocenters. The number of hydrogen-bond acceptors (Lipinski definition) is 2. The van der Waals surface area contributed by atoms with Crippen LogP contribution in [0.25, 0.3) is 5.57 Å². The molecule has 1 unspecified atom stereocenters. The van der Waals surface area contributed by atoms with E-state index in [-0.39, 0.29) is 11.8 Å². The molecule has 0 saturated heterocycles. The number of halogens is 1. The van der Waals surface area contributed by atoms with Crippen molar-refractivity contribution in [3.8, 4) is 0 Å². The van der Waals surface area contributed by atoms with Crippen molar-refractivity contribution in [1.82, 2.24) is 0 Å². The summed E-state index contributed by atoms with van der Waals surface area (Å²) in [6.07, 6.45) is 1.37. The molecule has 0 saturated carbocycles. The summed E-state index contributed by atoms with van der Waals surface area (Å²) in [4.78, 5) is 27.5. The van der Waals surface area contributed by atoms with Gasteiger partial charge in [-0.15, -0.1) is 0 Å². The molecule has 0 bridgehead atoms. The summed E-state index contributed by atoms with van der Waals surface area (Å²) in [5.74, 6) is -0.364. The molecule has 31 heavy (non-hydrogen) atoms. The van der Waals surface area contributed by atoms with Crippen LogP contribution in [0.3, 0.4) is 0 Å². The second-order valence-electron chi connectivity index (χ2n) is 7.62. The largest absolute Gasteiger partial charge is 0.322 e. The molecule has 1 aliphatic rings. The summed E-state index contributed by atoms with van der Waals surface area (Å²) < 4.78 is 0. The monoisotopic (exact) mass is 430 g/mol. The fraction of sp³-hybridized carbons (Fsp3) is 0.154. The van der Waals surface area contributed by atoms with Gasteiger partial charge in [-0.3, -0.25) is 14.5 Å². The molecule has 0 radical (unpaired) electrons. The van der Waals surface area contributed by atoms with E-state index in [1.807, 2.05) is 49.4 Å². The van der Waals surface area contributed by atoms with Crippen LogP contribution in [0.15, 0.2) is 79.4 Å². The molecular formula is C26H23ClN2O2. The number of rotatable bonds is 3. The van der Waals surface area contributed by atoms with Crippen LogP contribution in [0.4, 0.5) is 11.4 Å². The molecule has 0 spiro atoms. The maximum absolute atomic E-state index is 13.4. The Kier molecular flexibility index (Phi) is 5.92. The Bertz CT molecular complexity index is 1150. The lowest BCUT2D eigenvalue weighted by Crippen LogP contribution is -2.37. The van der Waals surface area contributed by atoms with E-state index in [0.29, 0.717) is 23.2 Å². The van der Waals surface area contributed by atoms with E-state index >= 15 is 0 Å². The van der Waals surface area contributed by atoms with E-state index in [9.17, 15) is 9.59 Å². The molecule has 156 valence electrons. The van der Waals surface area contributed by atoms with E-state index < -0.39 is 5.50 Å². The molecule has 3 aromatic rings. The average molecular weight is 431 g/mol. The van der Waals surface area contributed by atoms with Crippen LogP contribution in [0.5, 0.6) is 0 Å². The van der Waals surface area contributed by atoms with Gasteiger partial charge in [-0.1, -0.05) is 54.6 Å². The predicted molar refractivity (Wildman–Crippen MR) is 127 cm³/mol. The third kappa shape index (κ3) is 4.25. The van der Waals surface area contributed by atoms with Crippen molar-refractivity contribution in [3.63, 3.8) is 0 Å². The van der Waals surface area contributed by atoms with Crippen LogP contribution in [0.1, 0.15) is 44.7 Å². The number of para-hydroxylation sites is 1. The SMILES string of the molecule is C=C1CCC(Cl)N(C(=O)c2ccc(NC(=O)c3ccccc3C)cc2)c2ccccc21. The highest BCUT2D eigenvalue weighted by atomic mass is 35.5. The van der Waals surface area contributed by atoms with Gasteiger partial charge in [0.2, 0.25) is 0 Å². The molecule has 2 amide bonds. The zero-order valence-electron chi connectivity index (χ0n) is 17.3. The zero-order chi connectivity index (χ0) is 22.0. The third-order valence-corrected chi connectivity index (χ3v) is 5.92. The lowest BCUT2D eigenvalue weighted by atomic mass is 10.0. The van der Waals surface area contributed by atoms with E-state index in [1.165, 1.54) is 0 Å². The third-order valence-electron chi connectivity index (χ3n) is 5.51. The molecule has 1 aliphatic heterocycles. The van der Waals surface area contributed by atoms with Gasteiger partial charge in [0, 0.05) is 22.4 Å². The van der Waals surface area contributed by atoms with E-state index in [0.717, 1.165) is 28.8 Å². The van der Waals surface area contributed by atoms with Gasteiger partial charge in [0.25, 0.3) is 11.8 Å². The van der Waals surface area contributed by atoms with Gasteiger partial charge in [-0.05, 0) is 67.3 Å². The van der Waals surface area contributed by atoms with Crippen molar-refractivity contribution in [2.75, 3.05) is 10.2 Å². The summed E-state index contributed by atoms with van der Waals surface area (Å²) in [5, 5.41) is 2.88. The molecule has 0 aliphatic carbocycles. The van der Waals surface area contributed by atoms with Gasteiger partial charge >= 0.3 is 0 Å². The topological polar surface area (TPSA) is 49.4 Å². The molecule has 0 aromatic heterocycles. The minimum Gasteiger partial charge on any atom is -0.322 e. The first-order valence-electron chi connectivity index (χ1n) is 10.2. The summed E-state index contributed by atoms with van der Waals surface area (Å²) in [5.41, 5.74) is 4.88. The van der Waals surface area contributed by atoms with Crippen molar-refractivity contribution in [3.05, 3.63) is 102 Å². The molecule has 5 heteroatoms. The first-order valence-corrected chi connectivity index (χ1v) is 10.6. The van der Waals surface area contributed by atoms with Crippen molar-refractivity contribution in [1.29, 1.82) is 0 Å². The number of fused-ring (bicyclic) bond motifs is 1. The van der Waals surface area contributed by atoms with Crippen LogP contribution in [-0.2, 0) is 0 Å². The molecule has 4 nitrogen and oxygen atoms in total. The number of nitrogens with one attached hydrogen (secondary N) is 1. The highest BCUT2D eigenvalue weighted by Gasteiger charge is 2.29. The number of benzene rings is 3. The lowest BCUT2D eigenvalue weighted by molar-refractivity contribution is 0.0982. The van der Waals surface area contributed by atoms with Crippen molar-refractivity contribution in [2.24, 2.45) is 0 Å². The number of anilines is 2. The van der Waals surface area contributed by atoms with Crippen molar-refractivity contribution < 1.29 is 9.59 Å². The first kappa shape index (κ1) is 20.9. The Labute approximate surface area is 187 Å². The number of allylic oxidation sites excluding steroid dienone is 1. The van der Waals surface area contributed by atoms with Gasteiger partial charge in [0.15, 0.2) is 0 Å². The number of carbonyl (C=O) groups is 2. The number of aryl methyl sites for hydroxylation is 1. The van der Waals surface area contributed by atoms with Crippen molar-refractivity contribution >= 4 is 40.4 Å². The number of nitrogens with zero attached hydrogens (tertiary/aromatic N) is 1. The van der Waals surface area contributed by atoms with Gasteiger partial charge in [0.05, 0.1) is 5.69 Å². The quantitative estimate of drug-likeness (QED) is 0.393. The van der Waals surface area contributed by atoms with Crippen LogP contribution in [0.2, 0.25) is 0 Å². The lowest BCUT2D eigenvalue weighted by Gasteiger charge is -2.27. The summed E-state index contributed by atoms with van der Waals surface area (Å²) in [6, 6.07) is 22.0. The maximum atomic E-state index is 13.4. The fourth-order valence-electron chi connectivity index (χ4n) is 3.79. The van der Waals surface area contributed by atoms with E-state index in [4.69, 9.17) is 11.6 Å². The number of hydrogen-bond donors (Lipinski definition) is 1. The molecule has 4 rings (SSSR count). The second kappa shape index (κ2) is 8.78. The maximum Gasteiger partial charge on any atom is 0.259 e. The molecule has 1 heterocycles. The van der Waals surface area contributed by atoms with Gasteiger partial charge < -0.3 is 5.32 Å². The summed E-state index contributed by atoms with van der Waals surface area (Å²) in [6.45, 7) is 6.05. The molecular weight excluding hydrogens is 408 g/mol. The molecule has 0 fully saturated rings. The minimum absolute atomic E-state index is 0.182. The number of amides is 2. The van der Waals surface area contributed by atoms with Gasteiger partial charge in [0.1, 0.15) is 5.50 Å². The first-order chi connectivity index (χ1) is 15.0. The summed E-state index contributed by atoms with van der Waals surface area (Å²) in [7, 11) is 0. The Morgan fingerprint density at radius 2 is 1.68 bits per heavy atom. The zero-order valence-corrected chi connectivity index (χ0v) is 18.0. The number of carbonyl (C=O) groups excluding carboxylic acids is 2. The second-order valence-corrected chi connectivity index (χ2v) is 8.12. The summed E-state index contributed by atoms with van der Waals surface area (Å²) >= 11 is 6.61. The Morgan fingerprint density at radius 1 is 1.00 bits per heavy atom. The molecule has 1 N–H and O–H groups in total. The van der Waals surface area contributed by atoms with Crippen LogP contribution < -0.4 is 10.2 Å². The normalized spacial score (nSPS) is 15.7. The van der Waals surface area contributed by atoms with Crippen LogP contribution >= 0.6 is 11.6 Å². The smallest absolute Gasteiger partial charge is 0.259 e. The molecule has 3 aromatic carbocycles. The fourth-order valence-corrected chi connectivity index (χ4v) is 4.09. The van der Waals surface area contributed by atoms with Crippen molar-refractivity contribution in [2.45, 2.75) is 25.3 Å². The Hall–Kier alpha value is -3.37. The van der Waals surface area contributed by atoms with Gasteiger partial charge in [-0.25, -0.2) is 0 Å². The Balaban J connectivity index is 1.57. The highest BCUT2D eigenvalue weighted by molar-refractivity contribution is 6.26.